The quantitative estimate of drug-likeness (QED) is 0.0424. The van der Waals surface area contributed by atoms with Gasteiger partial charge in [-0.3, -0.25) is 4.79 Å². The first kappa shape index (κ1) is 43.6. The number of hydrogen-bond donors (Lipinski definition) is 1. The molecule has 4 nitrogen and oxygen atoms in total. The molecule has 0 bridgehead atoms. The molecule has 0 aromatic rings. The summed E-state index contributed by atoms with van der Waals surface area (Å²) in [4.78, 5) is 12.2. The minimum Gasteiger partial charge on any atom is -0.457 e. The number of allylic oxidation sites excluding steroid dienone is 6. The maximum absolute atomic E-state index is 12.2. The second-order valence-electron chi connectivity index (χ2n) is 13.0. The summed E-state index contributed by atoms with van der Waals surface area (Å²) in [6, 6.07) is 0. The summed E-state index contributed by atoms with van der Waals surface area (Å²) in [5, 5.41) is 9.57. The molecular weight excluding hydrogens is 556 g/mol. The number of carbonyl (C=O) groups is 1. The van der Waals surface area contributed by atoms with E-state index >= 15 is 0 Å². The Morgan fingerprint density at radius 2 is 0.933 bits per heavy atom. The number of aliphatic hydroxyl groups excluding tert-OH is 1. The van der Waals surface area contributed by atoms with Crippen molar-refractivity contribution >= 4 is 5.97 Å². The van der Waals surface area contributed by atoms with E-state index in [-0.39, 0.29) is 19.2 Å². The molecule has 0 aliphatic rings. The molecule has 4 heteroatoms. The Morgan fingerprint density at radius 3 is 1.44 bits per heavy atom. The van der Waals surface area contributed by atoms with E-state index in [4.69, 9.17) is 9.47 Å². The summed E-state index contributed by atoms with van der Waals surface area (Å²) in [5.41, 5.74) is 0. The van der Waals surface area contributed by atoms with E-state index in [2.05, 4.69) is 50.3 Å². The molecular formula is C41H76O4. The van der Waals surface area contributed by atoms with Crippen LogP contribution in [0, 0.1) is 0 Å². The molecule has 1 atom stereocenters. The van der Waals surface area contributed by atoms with E-state index in [1.165, 1.54) is 148 Å². The number of hydrogen-bond acceptors (Lipinski definition) is 4. The second kappa shape index (κ2) is 38.8. The van der Waals surface area contributed by atoms with Crippen molar-refractivity contribution in [1.82, 2.24) is 0 Å². The molecule has 0 aliphatic carbocycles. The van der Waals surface area contributed by atoms with Crippen LogP contribution in [-0.4, -0.2) is 37.0 Å². The van der Waals surface area contributed by atoms with Crippen LogP contribution in [0.4, 0.5) is 0 Å². The van der Waals surface area contributed by atoms with Crippen LogP contribution in [0.15, 0.2) is 36.5 Å². The topological polar surface area (TPSA) is 55.8 Å². The van der Waals surface area contributed by atoms with Gasteiger partial charge in [-0.05, 0) is 70.6 Å². The largest absolute Gasteiger partial charge is 0.457 e. The van der Waals surface area contributed by atoms with Gasteiger partial charge >= 0.3 is 5.97 Å². The summed E-state index contributed by atoms with van der Waals surface area (Å²) in [5.74, 6) is -0.209. The summed E-state index contributed by atoms with van der Waals surface area (Å²) >= 11 is 0. The van der Waals surface area contributed by atoms with Gasteiger partial charge in [0.05, 0.1) is 13.2 Å². The van der Waals surface area contributed by atoms with Crippen molar-refractivity contribution in [3.05, 3.63) is 36.5 Å². The van der Waals surface area contributed by atoms with E-state index in [9.17, 15) is 9.90 Å². The van der Waals surface area contributed by atoms with Gasteiger partial charge in [-0.25, -0.2) is 0 Å². The Labute approximate surface area is 280 Å². The molecule has 1 unspecified atom stereocenters. The van der Waals surface area contributed by atoms with Gasteiger partial charge in [-0.2, -0.15) is 0 Å². The number of carbonyl (C=O) groups excluding carboxylic acids is 1. The van der Waals surface area contributed by atoms with Gasteiger partial charge in [0.15, 0.2) is 0 Å². The normalized spacial score (nSPS) is 12.7. The summed E-state index contributed by atoms with van der Waals surface area (Å²) in [6.45, 7) is 5.30. The van der Waals surface area contributed by atoms with Gasteiger partial charge in [-0.1, -0.05) is 153 Å². The second-order valence-corrected chi connectivity index (χ2v) is 13.0. The Bertz CT molecular complexity index is 668. The fourth-order valence-corrected chi connectivity index (χ4v) is 5.47. The zero-order valence-electron chi connectivity index (χ0n) is 30.1. The van der Waals surface area contributed by atoms with Gasteiger partial charge < -0.3 is 14.6 Å². The fourth-order valence-electron chi connectivity index (χ4n) is 5.47. The summed E-state index contributed by atoms with van der Waals surface area (Å²) < 4.78 is 11.1. The molecule has 0 amide bonds. The zero-order valence-corrected chi connectivity index (χ0v) is 30.1. The molecule has 0 aromatic carbocycles. The van der Waals surface area contributed by atoms with Gasteiger partial charge in [0, 0.05) is 13.0 Å². The lowest BCUT2D eigenvalue weighted by molar-refractivity contribution is -0.154. The Morgan fingerprint density at radius 1 is 0.533 bits per heavy atom. The highest BCUT2D eigenvalue weighted by Crippen LogP contribution is 2.13. The number of aliphatic hydroxyl groups is 1. The predicted octanol–water partition coefficient (Wildman–Crippen LogP) is 12.5. The molecule has 264 valence electrons. The van der Waals surface area contributed by atoms with Crippen molar-refractivity contribution in [2.75, 3.05) is 19.8 Å². The number of unbranched alkanes of at least 4 members (excludes halogenated alkanes) is 22. The molecule has 1 N–H and O–H groups in total. The molecule has 45 heavy (non-hydrogen) atoms. The van der Waals surface area contributed by atoms with Gasteiger partial charge in [0.2, 0.25) is 0 Å². The van der Waals surface area contributed by atoms with Gasteiger partial charge in [0.1, 0.15) is 6.10 Å². The van der Waals surface area contributed by atoms with Crippen LogP contribution in [0.3, 0.4) is 0 Å². The molecule has 0 radical (unpaired) electrons. The SMILES string of the molecule is CCCCC/C=C\C/C=C\CCCCCCCCOCC(CO)OC(=O)CCCCCCCCC/C=C\CCCCCCCC. The van der Waals surface area contributed by atoms with Crippen LogP contribution < -0.4 is 0 Å². The maximum atomic E-state index is 12.2. The fraction of sp³-hybridized carbons (Fsp3) is 0.829. The lowest BCUT2D eigenvalue weighted by Gasteiger charge is -2.15. The van der Waals surface area contributed by atoms with Crippen LogP contribution >= 0.6 is 0 Å². The monoisotopic (exact) mass is 633 g/mol. The van der Waals surface area contributed by atoms with Crippen molar-refractivity contribution in [3.8, 4) is 0 Å². The molecule has 0 saturated carbocycles. The third-order valence-corrected chi connectivity index (χ3v) is 8.44. The highest BCUT2D eigenvalue weighted by atomic mass is 16.6. The Balaban J connectivity index is 3.46. The van der Waals surface area contributed by atoms with Crippen LogP contribution in [0.2, 0.25) is 0 Å². The van der Waals surface area contributed by atoms with E-state index in [1.807, 2.05) is 0 Å². The highest BCUT2D eigenvalue weighted by molar-refractivity contribution is 5.69. The minimum absolute atomic E-state index is 0.177. The first-order valence-corrected chi connectivity index (χ1v) is 19.6. The standard InChI is InChI=1S/C41H76O4/c1-3-5-7-9-11-13-15-17-19-21-22-24-26-28-30-32-34-36-41(43)45-40(38-42)39-44-37-35-33-31-29-27-25-23-20-18-16-14-12-10-8-6-4-2/h12,14,17-20,40,42H,3-11,13,15-16,21-39H2,1-2H3/b14-12-,19-17-,20-18-. The average molecular weight is 633 g/mol. The third-order valence-electron chi connectivity index (χ3n) is 8.44. The average Bonchev–Trinajstić information content (AvgIpc) is 3.05. The lowest BCUT2D eigenvalue weighted by atomic mass is 10.1. The van der Waals surface area contributed by atoms with Crippen molar-refractivity contribution < 1.29 is 19.4 Å². The molecule has 0 heterocycles. The van der Waals surface area contributed by atoms with Crippen molar-refractivity contribution in [1.29, 1.82) is 0 Å². The molecule has 0 saturated heterocycles. The van der Waals surface area contributed by atoms with E-state index in [0.29, 0.717) is 13.0 Å². The zero-order chi connectivity index (χ0) is 32.7. The Kier molecular flexibility index (Phi) is 37.6. The van der Waals surface area contributed by atoms with E-state index < -0.39 is 6.10 Å². The summed E-state index contributed by atoms with van der Waals surface area (Å²) in [6.07, 6.45) is 47.6. The van der Waals surface area contributed by atoms with Crippen molar-refractivity contribution in [2.24, 2.45) is 0 Å². The first-order valence-electron chi connectivity index (χ1n) is 19.6. The maximum Gasteiger partial charge on any atom is 0.306 e. The highest BCUT2D eigenvalue weighted by Gasteiger charge is 2.13. The van der Waals surface area contributed by atoms with Gasteiger partial charge in [-0.15, -0.1) is 0 Å². The molecule has 0 fully saturated rings. The third kappa shape index (κ3) is 36.9. The van der Waals surface area contributed by atoms with Gasteiger partial charge in [0.25, 0.3) is 0 Å². The number of rotatable bonds is 36. The van der Waals surface area contributed by atoms with Crippen LogP contribution in [0.25, 0.3) is 0 Å². The molecule has 0 spiro atoms. The number of ether oxygens (including phenoxy) is 2. The first-order chi connectivity index (χ1) is 22.2. The molecule has 0 aromatic heterocycles. The van der Waals surface area contributed by atoms with Crippen LogP contribution in [0.5, 0.6) is 0 Å². The van der Waals surface area contributed by atoms with Crippen LogP contribution in [-0.2, 0) is 14.3 Å². The molecule has 0 rings (SSSR count). The Hall–Kier alpha value is -1.39. The smallest absolute Gasteiger partial charge is 0.306 e. The van der Waals surface area contributed by atoms with E-state index in [1.54, 1.807) is 0 Å². The lowest BCUT2D eigenvalue weighted by Crippen LogP contribution is -2.27. The van der Waals surface area contributed by atoms with Crippen LogP contribution in [0.1, 0.15) is 194 Å². The summed E-state index contributed by atoms with van der Waals surface area (Å²) in [7, 11) is 0. The minimum atomic E-state index is -0.540. The molecule has 0 aliphatic heterocycles. The number of esters is 1. The predicted molar refractivity (Wildman–Crippen MR) is 196 cm³/mol. The van der Waals surface area contributed by atoms with E-state index in [0.717, 1.165) is 25.7 Å². The van der Waals surface area contributed by atoms with Crippen molar-refractivity contribution in [3.63, 3.8) is 0 Å². The van der Waals surface area contributed by atoms with Crippen molar-refractivity contribution in [2.45, 2.75) is 200 Å².